The van der Waals surface area contributed by atoms with E-state index >= 15 is 0 Å². The first-order valence-corrected chi connectivity index (χ1v) is 6.33. The van der Waals surface area contributed by atoms with Gasteiger partial charge in [-0.15, -0.1) is 0 Å². The van der Waals surface area contributed by atoms with Crippen LogP contribution in [0.3, 0.4) is 0 Å². The van der Waals surface area contributed by atoms with Crippen molar-refractivity contribution in [3.8, 4) is 0 Å². The Morgan fingerprint density at radius 3 is 2.50 bits per heavy atom. The van der Waals surface area contributed by atoms with Crippen molar-refractivity contribution in [2.24, 2.45) is 0 Å². The van der Waals surface area contributed by atoms with Crippen LogP contribution in [-0.4, -0.2) is 24.7 Å². The number of hydrogen-bond acceptors (Lipinski definition) is 2. The second-order valence-corrected chi connectivity index (χ2v) is 5.24. The van der Waals surface area contributed by atoms with Gasteiger partial charge in [-0.2, -0.15) is 0 Å². The number of aryl methyl sites for hydroxylation is 1. The van der Waals surface area contributed by atoms with Crippen molar-refractivity contribution < 1.29 is 9.53 Å². The molecule has 0 bridgehead atoms. The molecule has 0 aliphatic rings. The molecule has 0 spiro atoms. The molecule has 0 fully saturated rings. The highest BCUT2D eigenvalue weighted by Crippen LogP contribution is 2.14. The maximum Gasteiger partial charge on any atom is 0.249 e. The van der Waals surface area contributed by atoms with Gasteiger partial charge in [-0.25, -0.2) is 0 Å². The van der Waals surface area contributed by atoms with Gasteiger partial charge < -0.3 is 10.1 Å². The van der Waals surface area contributed by atoms with E-state index in [9.17, 15) is 4.79 Å². The molecule has 1 atom stereocenters. The van der Waals surface area contributed by atoms with Crippen molar-refractivity contribution in [3.05, 3.63) is 35.9 Å². The highest BCUT2D eigenvalue weighted by atomic mass is 16.5. The van der Waals surface area contributed by atoms with E-state index in [-0.39, 0.29) is 11.4 Å². The van der Waals surface area contributed by atoms with Crippen LogP contribution in [0.2, 0.25) is 0 Å². The summed E-state index contributed by atoms with van der Waals surface area (Å²) in [5.74, 6) is -0.0597. The molecule has 0 saturated heterocycles. The number of carbonyl (C=O) groups is 1. The summed E-state index contributed by atoms with van der Waals surface area (Å²) in [6, 6.07) is 10.3. The van der Waals surface area contributed by atoms with E-state index in [4.69, 9.17) is 4.74 Å². The number of benzene rings is 1. The molecule has 0 saturated carbocycles. The maximum atomic E-state index is 11.8. The lowest BCUT2D eigenvalue weighted by Crippen LogP contribution is -2.47. The topological polar surface area (TPSA) is 38.3 Å². The van der Waals surface area contributed by atoms with E-state index in [0.29, 0.717) is 0 Å². The van der Waals surface area contributed by atoms with E-state index in [0.717, 1.165) is 12.8 Å². The van der Waals surface area contributed by atoms with Crippen LogP contribution in [0.5, 0.6) is 0 Å². The summed E-state index contributed by atoms with van der Waals surface area (Å²) in [6.07, 6.45) is 1.45. The molecule has 1 amide bonds. The number of amides is 1. The predicted molar refractivity (Wildman–Crippen MR) is 73.5 cm³/mol. The number of nitrogens with one attached hydrogen (secondary N) is 1. The Balaban J connectivity index is 2.47. The lowest BCUT2D eigenvalue weighted by Gasteiger charge is -2.27. The summed E-state index contributed by atoms with van der Waals surface area (Å²) >= 11 is 0. The lowest BCUT2D eigenvalue weighted by molar-refractivity contribution is -0.131. The molecule has 1 aromatic rings. The standard InChI is InChI=1S/C15H23NO2/c1-12(18-4)14(17)16-15(2,3)11-10-13-8-6-5-7-9-13/h5-9,12H,10-11H2,1-4H3,(H,16,17). The van der Waals surface area contributed by atoms with Gasteiger partial charge >= 0.3 is 0 Å². The maximum absolute atomic E-state index is 11.8. The Hall–Kier alpha value is -1.35. The summed E-state index contributed by atoms with van der Waals surface area (Å²) < 4.78 is 5.01. The van der Waals surface area contributed by atoms with Crippen molar-refractivity contribution in [2.75, 3.05) is 7.11 Å². The first kappa shape index (κ1) is 14.7. The Labute approximate surface area is 110 Å². The average molecular weight is 249 g/mol. The molecule has 1 rings (SSSR count). The minimum Gasteiger partial charge on any atom is -0.372 e. The molecule has 1 aromatic carbocycles. The molecular formula is C15H23NO2. The summed E-state index contributed by atoms with van der Waals surface area (Å²) in [5, 5.41) is 3.01. The van der Waals surface area contributed by atoms with E-state index in [1.54, 1.807) is 14.0 Å². The quantitative estimate of drug-likeness (QED) is 0.841. The highest BCUT2D eigenvalue weighted by Gasteiger charge is 2.23. The van der Waals surface area contributed by atoms with Gasteiger partial charge in [0.2, 0.25) is 5.91 Å². The lowest BCUT2D eigenvalue weighted by atomic mass is 9.95. The molecule has 1 unspecified atom stereocenters. The normalized spacial score (nSPS) is 13.1. The SMILES string of the molecule is COC(C)C(=O)NC(C)(C)CCc1ccccc1. The van der Waals surface area contributed by atoms with Crippen molar-refractivity contribution >= 4 is 5.91 Å². The van der Waals surface area contributed by atoms with E-state index < -0.39 is 6.10 Å². The fourth-order valence-corrected chi connectivity index (χ4v) is 1.71. The Bertz CT molecular complexity index is 373. The summed E-state index contributed by atoms with van der Waals surface area (Å²) in [4.78, 5) is 11.8. The van der Waals surface area contributed by atoms with Gasteiger partial charge in [0.25, 0.3) is 0 Å². The van der Waals surface area contributed by atoms with Crippen LogP contribution in [0.25, 0.3) is 0 Å². The third-order valence-corrected chi connectivity index (χ3v) is 3.07. The third-order valence-electron chi connectivity index (χ3n) is 3.07. The number of methoxy groups -OCH3 is 1. The highest BCUT2D eigenvalue weighted by molar-refractivity contribution is 5.81. The predicted octanol–water partition coefficient (Wildman–Crippen LogP) is 2.55. The molecule has 18 heavy (non-hydrogen) atoms. The fraction of sp³-hybridized carbons (Fsp3) is 0.533. The Kier molecular flexibility index (Phi) is 5.35. The van der Waals surface area contributed by atoms with Crippen LogP contribution < -0.4 is 5.32 Å². The monoisotopic (exact) mass is 249 g/mol. The third kappa shape index (κ3) is 4.88. The molecule has 0 aromatic heterocycles. The molecule has 0 aliphatic heterocycles. The fourth-order valence-electron chi connectivity index (χ4n) is 1.71. The van der Waals surface area contributed by atoms with Crippen LogP contribution >= 0.6 is 0 Å². The van der Waals surface area contributed by atoms with Crippen molar-refractivity contribution in [1.82, 2.24) is 5.32 Å². The van der Waals surface area contributed by atoms with Gasteiger partial charge in [0.1, 0.15) is 6.10 Å². The minimum absolute atomic E-state index is 0.0597. The first-order chi connectivity index (χ1) is 8.44. The zero-order valence-corrected chi connectivity index (χ0v) is 11.7. The number of carbonyl (C=O) groups excluding carboxylic acids is 1. The summed E-state index contributed by atoms with van der Waals surface area (Å²) in [6.45, 7) is 5.83. The van der Waals surface area contributed by atoms with E-state index in [2.05, 4.69) is 17.4 Å². The van der Waals surface area contributed by atoms with E-state index in [1.807, 2.05) is 32.0 Å². The summed E-state index contributed by atoms with van der Waals surface area (Å²) in [5.41, 5.74) is 1.07. The van der Waals surface area contributed by atoms with Gasteiger partial charge in [-0.3, -0.25) is 4.79 Å². The van der Waals surface area contributed by atoms with Crippen LogP contribution in [0.15, 0.2) is 30.3 Å². The molecule has 0 radical (unpaired) electrons. The Morgan fingerprint density at radius 2 is 1.94 bits per heavy atom. The van der Waals surface area contributed by atoms with Gasteiger partial charge in [0, 0.05) is 12.6 Å². The Morgan fingerprint density at radius 1 is 1.33 bits per heavy atom. The first-order valence-electron chi connectivity index (χ1n) is 6.33. The number of rotatable bonds is 6. The van der Waals surface area contributed by atoms with Gasteiger partial charge in [0.05, 0.1) is 0 Å². The van der Waals surface area contributed by atoms with Gasteiger partial charge in [-0.05, 0) is 39.2 Å². The number of hydrogen-bond donors (Lipinski definition) is 1. The van der Waals surface area contributed by atoms with Crippen LogP contribution in [0.1, 0.15) is 32.8 Å². The van der Waals surface area contributed by atoms with Crippen molar-refractivity contribution in [3.63, 3.8) is 0 Å². The van der Waals surface area contributed by atoms with Crippen molar-refractivity contribution in [1.29, 1.82) is 0 Å². The van der Waals surface area contributed by atoms with Crippen LogP contribution in [-0.2, 0) is 16.0 Å². The number of ether oxygens (including phenoxy) is 1. The van der Waals surface area contributed by atoms with Gasteiger partial charge in [0.15, 0.2) is 0 Å². The summed E-state index contributed by atoms with van der Waals surface area (Å²) in [7, 11) is 1.54. The molecule has 3 heteroatoms. The van der Waals surface area contributed by atoms with Crippen LogP contribution in [0, 0.1) is 0 Å². The zero-order chi connectivity index (χ0) is 13.6. The molecular weight excluding hydrogens is 226 g/mol. The molecule has 0 heterocycles. The van der Waals surface area contributed by atoms with E-state index in [1.165, 1.54) is 5.56 Å². The second kappa shape index (κ2) is 6.55. The molecule has 0 aliphatic carbocycles. The minimum atomic E-state index is -0.402. The largest absolute Gasteiger partial charge is 0.372 e. The average Bonchev–Trinajstić information content (AvgIpc) is 2.36. The second-order valence-electron chi connectivity index (χ2n) is 5.24. The van der Waals surface area contributed by atoms with Gasteiger partial charge in [-0.1, -0.05) is 30.3 Å². The molecule has 3 nitrogen and oxygen atoms in total. The molecule has 100 valence electrons. The molecule has 1 N–H and O–H groups in total. The van der Waals surface area contributed by atoms with Crippen molar-refractivity contribution in [2.45, 2.75) is 45.3 Å². The zero-order valence-electron chi connectivity index (χ0n) is 11.7. The smallest absolute Gasteiger partial charge is 0.249 e. The van der Waals surface area contributed by atoms with Crippen LogP contribution in [0.4, 0.5) is 0 Å².